The minimum absolute atomic E-state index is 0.0180. The molecule has 2 rings (SSSR count). The van der Waals surface area contributed by atoms with Crippen molar-refractivity contribution in [2.24, 2.45) is 5.73 Å². The van der Waals surface area contributed by atoms with Gasteiger partial charge in [-0.2, -0.15) is 0 Å². The summed E-state index contributed by atoms with van der Waals surface area (Å²) in [5.74, 6) is 0. The topological polar surface area (TPSA) is 26.0 Å². The van der Waals surface area contributed by atoms with Gasteiger partial charge in [0.25, 0.3) is 0 Å². The predicted octanol–water partition coefficient (Wildman–Crippen LogP) is 4.18. The SMILES string of the molecule is Cc1ccc(C(N)c2ccc(C)c(Br)c2)s1. The molecule has 0 aliphatic rings. The smallest absolute Gasteiger partial charge is 0.0646 e. The van der Waals surface area contributed by atoms with Gasteiger partial charge in [0.15, 0.2) is 0 Å². The van der Waals surface area contributed by atoms with Gasteiger partial charge in [0.2, 0.25) is 0 Å². The van der Waals surface area contributed by atoms with Crippen LogP contribution in [-0.2, 0) is 0 Å². The summed E-state index contributed by atoms with van der Waals surface area (Å²) in [7, 11) is 0. The first kappa shape index (κ1) is 11.8. The summed E-state index contributed by atoms with van der Waals surface area (Å²) < 4.78 is 1.12. The van der Waals surface area contributed by atoms with E-state index in [-0.39, 0.29) is 6.04 Å². The van der Waals surface area contributed by atoms with E-state index >= 15 is 0 Å². The van der Waals surface area contributed by atoms with Crippen LogP contribution in [0.15, 0.2) is 34.8 Å². The fourth-order valence-electron chi connectivity index (χ4n) is 1.59. The van der Waals surface area contributed by atoms with Crippen LogP contribution in [0.25, 0.3) is 0 Å². The number of thiophene rings is 1. The van der Waals surface area contributed by atoms with Crippen molar-refractivity contribution in [1.82, 2.24) is 0 Å². The number of rotatable bonds is 2. The third kappa shape index (κ3) is 2.37. The number of halogens is 1. The Morgan fingerprint density at radius 3 is 2.50 bits per heavy atom. The van der Waals surface area contributed by atoms with Crippen molar-refractivity contribution in [1.29, 1.82) is 0 Å². The zero-order valence-electron chi connectivity index (χ0n) is 9.33. The summed E-state index contributed by atoms with van der Waals surface area (Å²) in [6.07, 6.45) is 0. The van der Waals surface area contributed by atoms with Gasteiger partial charge in [-0.25, -0.2) is 0 Å². The molecule has 0 aliphatic heterocycles. The van der Waals surface area contributed by atoms with Gasteiger partial charge in [0.1, 0.15) is 0 Å². The van der Waals surface area contributed by atoms with Crippen molar-refractivity contribution >= 4 is 27.3 Å². The molecule has 0 fully saturated rings. The maximum atomic E-state index is 6.24. The van der Waals surface area contributed by atoms with Crippen LogP contribution in [0, 0.1) is 13.8 Å². The molecule has 1 aromatic carbocycles. The lowest BCUT2D eigenvalue weighted by atomic mass is 10.0. The molecule has 2 N–H and O–H groups in total. The molecular formula is C13H14BrNS. The number of nitrogens with two attached hydrogens (primary N) is 1. The summed E-state index contributed by atoms with van der Waals surface area (Å²) in [5, 5.41) is 0. The van der Waals surface area contributed by atoms with Crippen molar-refractivity contribution in [3.05, 3.63) is 55.7 Å². The van der Waals surface area contributed by atoms with Crippen LogP contribution in [0.5, 0.6) is 0 Å². The van der Waals surface area contributed by atoms with Gasteiger partial charge < -0.3 is 5.73 Å². The first-order valence-corrected chi connectivity index (χ1v) is 6.77. The monoisotopic (exact) mass is 295 g/mol. The first-order chi connectivity index (χ1) is 7.58. The Kier molecular flexibility index (Phi) is 3.47. The van der Waals surface area contributed by atoms with Crippen LogP contribution >= 0.6 is 27.3 Å². The molecular weight excluding hydrogens is 282 g/mol. The molecule has 0 spiro atoms. The normalized spacial score (nSPS) is 12.8. The van der Waals surface area contributed by atoms with E-state index in [4.69, 9.17) is 5.73 Å². The molecule has 0 radical (unpaired) electrons. The van der Waals surface area contributed by atoms with Gasteiger partial charge in [-0.05, 0) is 43.2 Å². The second-order valence-corrected chi connectivity index (χ2v) is 6.11. The zero-order valence-corrected chi connectivity index (χ0v) is 11.7. The highest BCUT2D eigenvalue weighted by Crippen LogP contribution is 2.28. The molecule has 1 atom stereocenters. The summed E-state index contributed by atoms with van der Waals surface area (Å²) in [5.41, 5.74) is 8.62. The average Bonchev–Trinajstić information content (AvgIpc) is 2.68. The van der Waals surface area contributed by atoms with Crippen LogP contribution in [0.4, 0.5) is 0 Å². The molecule has 0 amide bonds. The Labute approximate surface area is 108 Å². The van der Waals surface area contributed by atoms with E-state index in [1.807, 2.05) is 0 Å². The molecule has 0 saturated carbocycles. The Hall–Kier alpha value is -0.640. The van der Waals surface area contributed by atoms with Crippen LogP contribution in [-0.4, -0.2) is 0 Å². The Bertz CT molecular complexity index is 504. The van der Waals surface area contributed by atoms with E-state index < -0.39 is 0 Å². The number of benzene rings is 1. The lowest BCUT2D eigenvalue weighted by molar-refractivity contribution is 0.891. The molecule has 0 saturated heterocycles. The second-order valence-electron chi connectivity index (χ2n) is 3.93. The molecule has 1 heterocycles. The lowest BCUT2D eigenvalue weighted by Crippen LogP contribution is -2.10. The molecule has 16 heavy (non-hydrogen) atoms. The molecule has 84 valence electrons. The Morgan fingerprint density at radius 1 is 1.19 bits per heavy atom. The zero-order chi connectivity index (χ0) is 11.7. The van der Waals surface area contributed by atoms with Gasteiger partial charge in [-0.15, -0.1) is 11.3 Å². The Balaban J connectivity index is 2.33. The van der Waals surface area contributed by atoms with Crippen LogP contribution < -0.4 is 5.73 Å². The van der Waals surface area contributed by atoms with E-state index in [2.05, 4.69) is 60.1 Å². The summed E-state index contributed by atoms with van der Waals surface area (Å²) in [4.78, 5) is 2.52. The highest BCUT2D eigenvalue weighted by Gasteiger charge is 2.11. The maximum absolute atomic E-state index is 6.24. The standard InChI is InChI=1S/C13H14BrNS/c1-8-3-5-10(7-11(8)14)13(15)12-6-4-9(2)16-12/h3-7,13H,15H2,1-2H3. The van der Waals surface area contributed by atoms with Crippen molar-refractivity contribution in [2.45, 2.75) is 19.9 Å². The molecule has 0 bridgehead atoms. The van der Waals surface area contributed by atoms with Gasteiger partial charge in [-0.1, -0.05) is 28.1 Å². The minimum atomic E-state index is -0.0180. The minimum Gasteiger partial charge on any atom is -0.320 e. The molecule has 3 heteroatoms. The molecule has 1 aromatic heterocycles. The average molecular weight is 296 g/mol. The molecule has 0 aliphatic carbocycles. The molecule has 2 aromatic rings. The largest absolute Gasteiger partial charge is 0.320 e. The van der Waals surface area contributed by atoms with Crippen molar-refractivity contribution in [3.63, 3.8) is 0 Å². The molecule has 1 unspecified atom stereocenters. The van der Waals surface area contributed by atoms with Crippen molar-refractivity contribution in [3.8, 4) is 0 Å². The quantitative estimate of drug-likeness (QED) is 0.884. The molecule has 1 nitrogen and oxygen atoms in total. The van der Waals surface area contributed by atoms with Crippen molar-refractivity contribution in [2.75, 3.05) is 0 Å². The van der Waals surface area contributed by atoms with Crippen molar-refractivity contribution < 1.29 is 0 Å². The third-order valence-electron chi connectivity index (χ3n) is 2.62. The summed E-state index contributed by atoms with van der Waals surface area (Å²) in [6, 6.07) is 10.5. The van der Waals surface area contributed by atoms with E-state index in [1.165, 1.54) is 15.3 Å². The number of hydrogen-bond donors (Lipinski definition) is 1. The second kappa shape index (κ2) is 4.70. The van der Waals surface area contributed by atoms with Gasteiger partial charge >= 0.3 is 0 Å². The summed E-state index contributed by atoms with van der Waals surface area (Å²) >= 11 is 5.30. The lowest BCUT2D eigenvalue weighted by Gasteiger charge is -2.11. The van der Waals surface area contributed by atoms with Gasteiger partial charge in [0, 0.05) is 14.2 Å². The Morgan fingerprint density at radius 2 is 1.94 bits per heavy atom. The van der Waals surface area contributed by atoms with E-state index in [1.54, 1.807) is 11.3 Å². The van der Waals surface area contributed by atoms with Gasteiger partial charge in [-0.3, -0.25) is 0 Å². The fraction of sp³-hybridized carbons (Fsp3) is 0.231. The van der Waals surface area contributed by atoms with Gasteiger partial charge in [0.05, 0.1) is 6.04 Å². The summed E-state index contributed by atoms with van der Waals surface area (Å²) in [6.45, 7) is 4.18. The first-order valence-electron chi connectivity index (χ1n) is 5.16. The number of aryl methyl sites for hydroxylation is 2. The predicted molar refractivity (Wildman–Crippen MR) is 74.0 cm³/mol. The van der Waals surface area contributed by atoms with E-state index in [0.29, 0.717) is 0 Å². The van der Waals surface area contributed by atoms with Crippen LogP contribution in [0.1, 0.15) is 26.9 Å². The highest BCUT2D eigenvalue weighted by molar-refractivity contribution is 9.10. The third-order valence-corrected chi connectivity index (χ3v) is 4.56. The van der Waals surface area contributed by atoms with E-state index in [0.717, 1.165) is 10.0 Å². The number of hydrogen-bond acceptors (Lipinski definition) is 2. The van der Waals surface area contributed by atoms with Crippen LogP contribution in [0.3, 0.4) is 0 Å². The maximum Gasteiger partial charge on any atom is 0.0646 e. The highest BCUT2D eigenvalue weighted by atomic mass is 79.9. The fourth-order valence-corrected chi connectivity index (χ4v) is 2.89. The van der Waals surface area contributed by atoms with Crippen LogP contribution in [0.2, 0.25) is 0 Å². The van der Waals surface area contributed by atoms with E-state index in [9.17, 15) is 0 Å².